The van der Waals surface area contributed by atoms with E-state index in [-0.39, 0.29) is 22.6 Å². The van der Waals surface area contributed by atoms with Crippen molar-refractivity contribution in [3.05, 3.63) is 82.8 Å². The molecular formula is C29H27NO6S. The quantitative estimate of drug-likeness (QED) is 0.561. The van der Waals surface area contributed by atoms with E-state index in [9.17, 15) is 22.6 Å². The van der Waals surface area contributed by atoms with E-state index in [0.717, 1.165) is 46.3 Å². The molecule has 2 aromatic rings. The van der Waals surface area contributed by atoms with Crippen LogP contribution in [0.4, 0.5) is 5.69 Å². The van der Waals surface area contributed by atoms with Crippen molar-refractivity contribution in [3.63, 3.8) is 0 Å². The molecule has 0 bridgehead atoms. The van der Waals surface area contributed by atoms with Crippen LogP contribution in [0.25, 0.3) is 10.8 Å². The van der Waals surface area contributed by atoms with Crippen molar-refractivity contribution >= 4 is 38.1 Å². The van der Waals surface area contributed by atoms with Gasteiger partial charge in [-0.2, -0.15) is 8.42 Å². The largest absolute Gasteiger partial charge is 0.485 e. The molecule has 37 heavy (non-hydrogen) atoms. The summed E-state index contributed by atoms with van der Waals surface area (Å²) in [5.74, 6) is 0.644. The van der Waals surface area contributed by atoms with Gasteiger partial charge in [-0.15, -0.1) is 0 Å². The number of allylic oxidation sites excluding steroid dienone is 4. The first-order chi connectivity index (χ1) is 17.6. The second-order valence-corrected chi connectivity index (χ2v) is 11.7. The van der Waals surface area contributed by atoms with Crippen molar-refractivity contribution in [2.24, 2.45) is 0 Å². The highest BCUT2D eigenvalue weighted by Gasteiger charge is 2.50. The molecule has 0 radical (unpaired) electrons. The number of Topliss-reactive ketones (excluding diaryl/α,β-unsaturated/α-hetero) is 1. The smallest absolute Gasteiger partial charge is 0.294 e. The minimum Gasteiger partial charge on any atom is -0.485 e. The molecule has 2 atom stereocenters. The van der Waals surface area contributed by atoms with E-state index in [0.29, 0.717) is 30.5 Å². The fraction of sp³-hybridized carbons (Fsp3) is 0.310. The van der Waals surface area contributed by atoms with Gasteiger partial charge in [-0.3, -0.25) is 14.1 Å². The number of ether oxygens (including phenoxy) is 1. The standard InChI is InChI=1S/C29H27NO6S/c1-3-4-20(32)16-29(2)27-22-9-8-21(37(33,34)35)13-17(22)6-10-24(27)30-12-11-25-23(28(29)30)14-18-5-7-19(31)15-26(18)36-25/h5-10,13-15,25H,3-4,11-12,16H2,1-2H3,(H,33,34,35). The van der Waals surface area contributed by atoms with Crippen LogP contribution in [0.2, 0.25) is 0 Å². The Morgan fingerprint density at radius 2 is 2.00 bits per heavy atom. The van der Waals surface area contributed by atoms with E-state index in [2.05, 4.69) is 17.9 Å². The van der Waals surface area contributed by atoms with Crippen LogP contribution in [0.15, 0.2) is 82.1 Å². The number of hydrogen-bond acceptors (Lipinski definition) is 6. The van der Waals surface area contributed by atoms with Gasteiger partial charge in [0, 0.05) is 59.8 Å². The van der Waals surface area contributed by atoms with Crippen LogP contribution in [0, 0.1) is 0 Å². The van der Waals surface area contributed by atoms with Gasteiger partial charge in [-0.1, -0.05) is 19.1 Å². The van der Waals surface area contributed by atoms with Gasteiger partial charge < -0.3 is 9.64 Å². The molecule has 4 aliphatic rings. The lowest BCUT2D eigenvalue weighted by molar-refractivity contribution is -0.120. The first-order valence-corrected chi connectivity index (χ1v) is 14.0. The predicted octanol–water partition coefficient (Wildman–Crippen LogP) is 4.93. The summed E-state index contributed by atoms with van der Waals surface area (Å²) in [7, 11) is -4.35. The average Bonchev–Trinajstić information content (AvgIpc) is 3.10. The van der Waals surface area contributed by atoms with E-state index < -0.39 is 15.5 Å². The molecule has 3 aliphatic heterocycles. The molecule has 0 amide bonds. The third-order valence-corrected chi connectivity index (χ3v) is 8.63. The number of ketones is 2. The monoisotopic (exact) mass is 517 g/mol. The summed E-state index contributed by atoms with van der Waals surface area (Å²) >= 11 is 0. The van der Waals surface area contributed by atoms with Crippen molar-refractivity contribution < 1.29 is 27.3 Å². The van der Waals surface area contributed by atoms with Crippen LogP contribution in [0.1, 0.15) is 45.1 Å². The number of rotatable bonds is 5. The van der Waals surface area contributed by atoms with Gasteiger partial charge in [0.2, 0.25) is 0 Å². The molecular weight excluding hydrogens is 490 g/mol. The zero-order valence-corrected chi connectivity index (χ0v) is 21.5. The minimum absolute atomic E-state index is 0.0975. The first-order valence-electron chi connectivity index (χ1n) is 12.5. The number of carbonyl (C=O) groups is 2. The maximum atomic E-state index is 13.2. The molecule has 0 fully saturated rings. The lowest BCUT2D eigenvalue weighted by Gasteiger charge is -2.41. The molecule has 2 aromatic carbocycles. The molecule has 1 aliphatic carbocycles. The zero-order valence-electron chi connectivity index (χ0n) is 20.7. The van der Waals surface area contributed by atoms with Crippen LogP contribution in [0.5, 0.6) is 0 Å². The lowest BCUT2D eigenvalue weighted by Crippen LogP contribution is -2.41. The van der Waals surface area contributed by atoms with Gasteiger partial charge in [0.05, 0.1) is 4.90 Å². The topological polar surface area (TPSA) is 101 Å². The summed E-state index contributed by atoms with van der Waals surface area (Å²) in [5.41, 5.74) is 4.16. The maximum absolute atomic E-state index is 13.2. The average molecular weight is 518 g/mol. The molecule has 1 N–H and O–H groups in total. The summed E-state index contributed by atoms with van der Waals surface area (Å²) in [6.07, 6.45) is 8.92. The molecule has 6 rings (SSSR count). The van der Waals surface area contributed by atoms with Crippen molar-refractivity contribution in [3.8, 4) is 0 Å². The molecule has 7 nitrogen and oxygen atoms in total. The van der Waals surface area contributed by atoms with Crippen LogP contribution in [-0.2, 0) is 29.9 Å². The zero-order chi connectivity index (χ0) is 26.1. The SMILES string of the molecule is CCCC(=O)CC1(C)C2=C3C=C4C=CC(=O)C=C4OC3CCN2c2ccc3cc(S(=O)(=O)O)ccc3c21. The predicted molar refractivity (Wildman–Crippen MR) is 140 cm³/mol. The fourth-order valence-corrected chi connectivity index (χ4v) is 6.85. The Bertz CT molecular complexity index is 1630. The molecule has 190 valence electrons. The molecule has 3 heterocycles. The minimum atomic E-state index is -4.35. The summed E-state index contributed by atoms with van der Waals surface area (Å²) in [6.45, 7) is 4.76. The lowest BCUT2D eigenvalue weighted by atomic mass is 9.72. The summed E-state index contributed by atoms with van der Waals surface area (Å²) in [6, 6.07) is 8.46. The van der Waals surface area contributed by atoms with E-state index in [1.807, 2.05) is 19.1 Å². The second-order valence-electron chi connectivity index (χ2n) is 10.3. The summed E-state index contributed by atoms with van der Waals surface area (Å²) in [5, 5.41) is 1.53. The normalized spacial score (nSPS) is 24.1. The van der Waals surface area contributed by atoms with E-state index in [1.54, 1.807) is 12.1 Å². The van der Waals surface area contributed by atoms with Gasteiger partial charge in [0.1, 0.15) is 17.6 Å². The van der Waals surface area contributed by atoms with Crippen LogP contribution in [-0.4, -0.2) is 37.2 Å². The van der Waals surface area contributed by atoms with Gasteiger partial charge in [0.15, 0.2) is 5.78 Å². The Morgan fingerprint density at radius 3 is 2.76 bits per heavy atom. The van der Waals surface area contributed by atoms with Crippen molar-refractivity contribution in [2.75, 3.05) is 11.4 Å². The van der Waals surface area contributed by atoms with Gasteiger partial charge in [0.25, 0.3) is 10.1 Å². The Balaban J connectivity index is 1.61. The fourth-order valence-electron chi connectivity index (χ4n) is 6.33. The summed E-state index contributed by atoms with van der Waals surface area (Å²) < 4.78 is 39.5. The number of anilines is 1. The van der Waals surface area contributed by atoms with Gasteiger partial charge in [-0.05, 0) is 66.1 Å². The molecule has 0 spiro atoms. The number of benzene rings is 2. The molecule has 0 saturated heterocycles. The second kappa shape index (κ2) is 8.26. The van der Waals surface area contributed by atoms with E-state index in [1.165, 1.54) is 24.3 Å². The molecule has 8 heteroatoms. The highest BCUT2D eigenvalue weighted by atomic mass is 32.2. The van der Waals surface area contributed by atoms with Crippen LogP contribution >= 0.6 is 0 Å². The highest BCUT2D eigenvalue weighted by Crippen LogP contribution is 2.56. The summed E-state index contributed by atoms with van der Waals surface area (Å²) in [4.78, 5) is 27.2. The molecule has 0 aromatic heterocycles. The number of nitrogens with zero attached hydrogens (tertiary/aromatic N) is 1. The van der Waals surface area contributed by atoms with E-state index in [4.69, 9.17) is 4.74 Å². The van der Waals surface area contributed by atoms with Crippen LogP contribution in [0.3, 0.4) is 0 Å². The van der Waals surface area contributed by atoms with Crippen molar-refractivity contribution in [1.82, 2.24) is 0 Å². The third kappa shape index (κ3) is 3.69. The Kier molecular flexibility index (Phi) is 5.33. The maximum Gasteiger partial charge on any atom is 0.294 e. The Hall–Kier alpha value is -3.49. The van der Waals surface area contributed by atoms with Crippen molar-refractivity contribution in [2.45, 2.75) is 55.9 Å². The number of fused-ring (bicyclic) bond motifs is 7. The van der Waals surface area contributed by atoms with Gasteiger partial charge >= 0.3 is 0 Å². The van der Waals surface area contributed by atoms with Crippen LogP contribution < -0.4 is 4.90 Å². The number of hydrogen-bond donors (Lipinski definition) is 1. The van der Waals surface area contributed by atoms with Gasteiger partial charge in [-0.25, -0.2) is 0 Å². The highest BCUT2D eigenvalue weighted by molar-refractivity contribution is 7.85. The Morgan fingerprint density at radius 1 is 1.19 bits per heavy atom. The molecule has 2 unspecified atom stereocenters. The van der Waals surface area contributed by atoms with Crippen molar-refractivity contribution in [1.29, 1.82) is 0 Å². The number of carbonyl (C=O) groups excluding carboxylic acids is 2. The Labute approximate surface area is 215 Å². The van der Waals surface area contributed by atoms with E-state index >= 15 is 0 Å². The first kappa shape index (κ1) is 23.9. The third-order valence-electron chi connectivity index (χ3n) is 7.78. The molecule has 0 saturated carbocycles.